The topological polar surface area (TPSA) is 92.4 Å². The maximum atomic E-state index is 10.7. The minimum atomic E-state index is -1.98. The van der Waals surface area contributed by atoms with Gasteiger partial charge in [-0.05, 0) is 5.92 Å². The normalized spacial score (nSPS) is 11.4. The molecule has 0 aliphatic heterocycles. The third-order valence-electron chi connectivity index (χ3n) is 4.62. The van der Waals surface area contributed by atoms with Crippen molar-refractivity contribution in [2.75, 3.05) is 6.54 Å². The van der Waals surface area contributed by atoms with Crippen molar-refractivity contribution < 1.29 is 14.7 Å². The number of benzene rings is 3. The molecule has 5 nitrogen and oxygen atoms in total. The van der Waals surface area contributed by atoms with Crippen LogP contribution in [0.25, 0.3) is 0 Å². The number of amides is 1. The second-order valence-electron chi connectivity index (χ2n) is 7.30. The Balaban J connectivity index is 0.000000248. The number of carbonyl (C=O) groups excluding carboxylic acids is 1. The summed E-state index contributed by atoms with van der Waals surface area (Å²) < 4.78 is 4.59. The van der Waals surface area contributed by atoms with E-state index < -0.39 is 37.7 Å². The van der Waals surface area contributed by atoms with E-state index >= 15 is 0 Å². The molecule has 4 N–H and O–H groups in total. The Morgan fingerprint density at radius 2 is 1.16 bits per heavy atom. The molecule has 0 unspecified atom stereocenters. The molecule has 3 aromatic carbocycles. The van der Waals surface area contributed by atoms with Crippen molar-refractivity contribution in [2.24, 2.45) is 11.7 Å². The maximum absolute atomic E-state index is 10.7. The Kier molecular flexibility index (Phi) is 10.3. The number of carbonyl (C=O) groups is 2. The van der Waals surface area contributed by atoms with Crippen LogP contribution in [0, 0.1) is 5.92 Å². The molecule has 0 saturated carbocycles. The van der Waals surface area contributed by atoms with E-state index in [0.29, 0.717) is 0 Å². The van der Waals surface area contributed by atoms with Gasteiger partial charge >= 0.3 is 127 Å². The molecule has 1 amide bonds. The predicted octanol–water partition coefficient (Wildman–Crippen LogP) is 1.37. The summed E-state index contributed by atoms with van der Waals surface area (Å²) in [5.74, 6) is -1.62. The molecule has 0 aliphatic carbocycles. The quantitative estimate of drug-likeness (QED) is 0.408. The van der Waals surface area contributed by atoms with Crippen molar-refractivity contribution in [3.63, 3.8) is 0 Å². The zero-order valence-electron chi connectivity index (χ0n) is 17.9. The van der Waals surface area contributed by atoms with Crippen LogP contribution in [-0.4, -0.2) is 49.3 Å². The molecule has 31 heavy (non-hydrogen) atoms. The van der Waals surface area contributed by atoms with E-state index in [1.807, 2.05) is 0 Å². The fourth-order valence-corrected chi connectivity index (χ4v) is 10.4. The molecule has 3 aromatic rings. The fraction of sp³-hybridized carbons (Fsp3) is 0.200. The Labute approximate surface area is 191 Å². The van der Waals surface area contributed by atoms with Gasteiger partial charge in [0.05, 0.1) is 6.54 Å². The van der Waals surface area contributed by atoms with Gasteiger partial charge in [-0.3, -0.25) is 4.79 Å². The van der Waals surface area contributed by atoms with E-state index in [2.05, 4.69) is 96.3 Å². The van der Waals surface area contributed by atoms with E-state index in [0.717, 1.165) is 0 Å². The van der Waals surface area contributed by atoms with Gasteiger partial charge in [0.1, 0.15) is 6.04 Å². The molecule has 0 aliphatic rings. The molecule has 1 radical (unpaired) electrons. The molecule has 0 heterocycles. The Morgan fingerprint density at radius 3 is 1.42 bits per heavy atom. The van der Waals surface area contributed by atoms with E-state index in [4.69, 9.17) is 10.8 Å². The molecule has 161 valence electrons. The summed E-state index contributed by atoms with van der Waals surface area (Å²) in [6.07, 6.45) is 0. The van der Waals surface area contributed by atoms with Crippen molar-refractivity contribution in [2.45, 2.75) is 19.9 Å². The third-order valence-corrected chi connectivity index (χ3v) is 12.4. The van der Waals surface area contributed by atoms with Gasteiger partial charge in [-0.2, -0.15) is 0 Å². The first-order chi connectivity index (χ1) is 14.9. The molecular formula is C25H29N2O3Sn. The van der Waals surface area contributed by atoms with Gasteiger partial charge in [0.15, 0.2) is 0 Å². The summed E-state index contributed by atoms with van der Waals surface area (Å²) in [7, 11) is 0. The van der Waals surface area contributed by atoms with Crippen LogP contribution < -0.4 is 21.8 Å². The van der Waals surface area contributed by atoms with Crippen LogP contribution in [0.3, 0.4) is 0 Å². The second-order valence-corrected chi connectivity index (χ2v) is 14.4. The number of carboxylic acid groups (broad SMARTS) is 1. The summed E-state index contributed by atoms with van der Waals surface area (Å²) >= 11 is -1.98. The van der Waals surface area contributed by atoms with Gasteiger partial charge in [-0.1, -0.05) is 13.8 Å². The number of carboxylic acids is 1. The minimum absolute atomic E-state index is 0.141. The number of nitrogens with two attached hydrogens (primary N) is 1. The first-order valence-electron chi connectivity index (χ1n) is 10.2. The van der Waals surface area contributed by atoms with E-state index in [1.165, 1.54) is 10.7 Å². The van der Waals surface area contributed by atoms with E-state index in [-0.39, 0.29) is 12.5 Å². The molecule has 0 spiro atoms. The molecule has 1 atom stereocenters. The van der Waals surface area contributed by atoms with E-state index in [1.54, 1.807) is 13.8 Å². The van der Waals surface area contributed by atoms with Crippen LogP contribution in [0.1, 0.15) is 13.8 Å². The van der Waals surface area contributed by atoms with Crippen molar-refractivity contribution in [3.8, 4) is 0 Å². The summed E-state index contributed by atoms with van der Waals surface area (Å²) in [4.78, 5) is 21.3. The van der Waals surface area contributed by atoms with Gasteiger partial charge in [0.2, 0.25) is 5.91 Å². The van der Waals surface area contributed by atoms with Gasteiger partial charge < -0.3 is 16.2 Å². The molecule has 0 bridgehead atoms. The van der Waals surface area contributed by atoms with Crippen molar-refractivity contribution in [1.82, 2.24) is 5.32 Å². The Hall–Kier alpha value is -2.64. The fourth-order valence-electron chi connectivity index (χ4n) is 3.06. The summed E-state index contributed by atoms with van der Waals surface area (Å²) in [5.41, 5.74) is 5.02. The third kappa shape index (κ3) is 7.84. The van der Waals surface area contributed by atoms with Crippen molar-refractivity contribution >= 4 is 42.4 Å². The second kappa shape index (κ2) is 12.9. The van der Waals surface area contributed by atoms with E-state index in [9.17, 15) is 9.59 Å². The van der Waals surface area contributed by atoms with Gasteiger partial charge in [-0.25, -0.2) is 4.79 Å². The Morgan fingerprint density at radius 1 is 0.806 bits per heavy atom. The number of aliphatic carboxylic acids is 1. The van der Waals surface area contributed by atoms with Crippen LogP contribution in [0.15, 0.2) is 91.0 Å². The zero-order valence-corrected chi connectivity index (χ0v) is 20.7. The van der Waals surface area contributed by atoms with Gasteiger partial charge in [0, 0.05) is 0 Å². The number of nitrogens with one attached hydrogen (secondary N) is 1. The summed E-state index contributed by atoms with van der Waals surface area (Å²) in [6, 6.07) is 32.1. The predicted molar refractivity (Wildman–Crippen MR) is 127 cm³/mol. The first-order valence-corrected chi connectivity index (χ1v) is 14.5. The summed E-state index contributed by atoms with van der Waals surface area (Å²) in [5, 5.41) is 10.9. The SMILES string of the molecule is CC(C)[C@@H](NC(=O)CN)C(=O)O.c1cc[c]([Sn]([c]2ccccc2)[c]2ccccc2)cc1. The van der Waals surface area contributed by atoms with Crippen LogP contribution in [-0.2, 0) is 9.59 Å². The van der Waals surface area contributed by atoms with Crippen LogP contribution in [0.2, 0.25) is 0 Å². The molecular weight excluding hydrogens is 495 g/mol. The van der Waals surface area contributed by atoms with Crippen LogP contribution in [0.5, 0.6) is 0 Å². The summed E-state index contributed by atoms with van der Waals surface area (Å²) in [6.45, 7) is 3.25. The van der Waals surface area contributed by atoms with Crippen molar-refractivity contribution in [3.05, 3.63) is 91.0 Å². The number of hydrogen-bond acceptors (Lipinski definition) is 3. The van der Waals surface area contributed by atoms with Gasteiger partial charge in [0.25, 0.3) is 0 Å². The monoisotopic (exact) mass is 525 g/mol. The van der Waals surface area contributed by atoms with Crippen LogP contribution >= 0.6 is 0 Å². The standard InChI is InChI=1S/C7H14N2O3.3C6H5.Sn/c1-4(2)6(7(11)12)9-5(10)3-8;3*1-2-4-6-5-3-1;/h4,6H,3,8H2,1-2H3,(H,9,10)(H,11,12);3*1-5H;/t6-;;;;/m1..../s1. The average Bonchev–Trinajstić information content (AvgIpc) is 2.79. The first kappa shape index (κ1) is 24.6. The van der Waals surface area contributed by atoms with Gasteiger partial charge in [-0.15, -0.1) is 0 Å². The molecule has 3 rings (SSSR count). The van der Waals surface area contributed by atoms with Crippen molar-refractivity contribution in [1.29, 1.82) is 0 Å². The van der Waals surface area contributed by atoms with Crippen LogP contribution in [0.4, 0.5) is 0 Å². The number of hydrogen-bond donors (Lipinski definition) is 3. The average molecular weight is 524 g/mol. The Bertz CT molecular complexity index is 841. The zero-order chi connectivity index (χ0) is 22.6. The molecule has 0 fully saturated rings. The molecule has 0 saturated heterocycles. The molecule has 0 aromatic heterocycles. The molecule has 6 heteroatoms. The number of rotatable bonds is 7.